The van der Waals surface area contributed by atoms with Crippen molar-refractivity contribution in [2.75, 3.05) is 32.6 Å². The van der Waals surface area contributed by atoms with Crippen LogP contribution in [0.15, 0.2) is 54.7 Å². The third-order valence-electron chi connectivity index (χ3n) is 5.72. The van der Waals surface area contributed by atoms with E-state index in [0.29, 0.717) is 18.1 Å². The molecule has 1 aliphatic rings. The first kappa shape index (κ1) is 21.7. The number of hydrogen-bond acceptors (Lipinski definition) is 5. The summed E-state index contributed by atoms with van der Waals surface area (Å²) >= 11 is 0. The van der Waals surface area contributed by atoms with Gasteiger partial charge in [-0.1, -0.05) is 24.3 Å². The molecule has 0 radical (unpaired) electrons. The first-order chi connectivity index (χ1) is 15.5. The Labute approximate surface area is 187 Å². The van der Waals surface area contributed by atoms with Gasteiger partial charge >= 0.3 is 0 Å². The summed E-state index contributed by atoms with van der Waals surface area (Å²) in [7, 11) is 5.37. The van der Waals surface area contributed by atoms with Crippen molar-refractivity contribution in [3.05, 3.63) is 71.8 Å². The Morgan fingerprint density at radius 1 is 1.22 bits per heavy atom. The van der Waals surface area contributed by atoms with Gasteiger partial charge in [-0.3, -0.25) is 4.79 Å². The van der Waals surface area contributed by atoms with Crippen molar-refractivity contribution in [1.82, 2.24) is 14.9 Å². The third kappa shape index (κ3) is 4.56. The van der Waals surface area contributed by atoms with E-state index in [4.69, 9.17) is 9.72 Å². The van der Waals surface area contributed by atoms with Crippen molar-refractivity contribution in [1.29, 1.82) is 0 Å². The van der Waals surface area contributed by atoms with Crippen LogP contribution in [0.1, 0.15) is 30.1 Å². The van der Waals surface area contributed by atoms with E-state index in [-0.39, 0.29) is 24.2 Å². The molecule has 1 aromatic heterocycles. The number of ether oxygens (including phenoxy) is 1. The largest absolute Gasteiger partial charge is 0.497 e. The molecule has 6 nitrogen and oxygen atoms in total. The van der Waals surface area contributed by atoms with Crippen molar-refractivity contribution in [2.24, 2.45) is 0 Å². The topological polar surface area (TPSA) is 58.6 Å². The molecule has 1 saturated heterocycles. The van der Waals surface area contributed by atoms with Gasteiger partial charge in [0.1, 0.15) is 11.6 Å². The van der Waals surface area contributed by atoms with Gasteiger partial charge in [-0.25, -0.2) is 14.4 Å². The van der Waals surface area contributed by atoms with Crippen molar-refractivity contribution >= 4 is 11.9 Å². The second-order valence-corrected chi connectivity index (χ2v) is 8.15. The number of benzene rings is 2. The Morgan fingerprint density at radius 3 is 2.78 bits per heavy atom. The molecule has 1 aliphatic heterocycles. The number of methoxy groups -OCH3 is 1. The van der Waals surface area contributed by atoms with Gasteiger partial charge in [0, 0.05) is 32.4 Å². The highest BCUT2D eigenvalue weighted by molar-refractivity contribution is 5.80. The number of aromatic nitrogens is 2. The smallest absolute Gasteiger partial charge is 0.227 e. The fourth-order valence-electron chi connectivity index (χ4n) is 4.14. The molecule has 7 heteroatoms. The number of nitrogens with zero attached hydrogens (tertiary/aromatic N) is 4. The maximum absolute atomic E-state index is 14.0. The number of amides is 1. The lowest BCUT2D eigenvalue weighted by Crippen LogP contribution is -2.32. The average molecular weight is 435 g/mol. The van der Waals surface area contributed by atoms with E-state index in [0.717, 1.165) is 35.4 Å². The highest BCUT2D eigenvalue weighted by Gasteiger charge is 2.33. The zero-order chi connectivity index (χ0) is 22.7. The quantitative estimate of drug-likeness (QED) is 0.580. The molecule has 0 N–H and O–H groups in total. The number of halogens is 1. The molecule has 1 amide bonds. The molecule has 4 rings (SSSR count). The van der Waals surface area contributed by atoms with Gasteiger partial charge in [-0.2, -0.15) is 0 Å². The van der Waals surface area contributed by atoms with E-state index in [1.165, 1.54) is 12.1 Å². The number of likely N-dealkylation sites (tertiary alicyclic amines) is 1. The van der Waals surface area contributed by atoms with Gasteiger partial charge in [0.25, 0.3) is 0 Å². The second kappa shape index (κ2) is 9.34. The van der Waals surface area contributed by atoms with Gasteiger partial charge in [-0.15, -0.1) is 0 Å². The van der Waals surface area contributed by atoms with Crippen LogP contribution in [0.3, 0.4) is 0 Å². The van der Waals surface area contributed by atoms with Gasteiger partial charge in [0.05, 0.1) is 25.3 Å². The second-order valence-electron chi connectivity index (χ2n) is 8.15. The molecular formula is C25H27FN4O2. The molecule has 1 atom stereocenters. The maximum Gasteiger partial charge on any atom is 0.227 e. The molecule has 32 heavy (non-hydrogen) atoms. The molecule has 1 fully saturated rings. The summed E-state index contributed by atoms with van der Waals surface area (Å²) in [6.07, 6.45) is 3.71. The van der Waals surface area contributed by atoms with Crippen molar-refractivity contribution in [3.63, 3.8) is 0 Å². The number of carbonyl (C=O) groups excluding carboxylic acids is 1. The molecule has 0 saturated carbocycles. The fraction of sp³-hybridized carbons (Fsp3) is 0.320. The van der Waals surface area contributed by atoms with E-state index in [2.05, 4.69) is 4.98 Å². The van der Waals surface area contributed by atoms with Crippen molar-refractivity contribution in [2.45, 2.75) is 25.3 Å². The summed E-state index contributed by atoms with van der Waals surface area (Å²) in [6.45, 7) is 0.664. The van der Waals surface area contributed by atoms with Crippen LogP contribution < -0.4 is 9.64 Å². The lowest BCUT2D eigenvalue weighted by atomic mass is 9.99. The minimum atomic E-state index is -0.317. The summed E-state index contributed by atoms with van der Waals surface area (Å²) < 4.78 is 19.2. The van der Waals surface area contributed by atoms with Crippen LogP contribution in [0.4, 0.5) is 10.3 Å². The van der Waals surface area contributed by atoms with Crippen LogP contribution in [0.5, 0.6) is 5.75 Å². The van der Waals surface area contributed by atoms with E-state index >= 15 is 0 Å². The molecular weight excluding hydrogens is 407 g/mol. The molecule has 2 heterocycles. The fourth-order valence-corrected chi connectivity index (χ4v) is 4.14. The van der Waals surface area contributed by atoms with E-state index in [1.807, 2.05) is 54.2 Å². The Morgan fingerprint density at radius 2 is 2.03 bits per heavy atom. The van der Waals surface area contributed by atoms with Crippen LogP contribution in [0, 0.1) is 5.82 Å². The van der Waals surface area contributed by atoms with Crippen molar-refractivity contribution < 1.29 is 13.9 Å². The average Bonchev–Trinajstić information content (AvgIpc) is 3.29. The van der Waals surface area contributed by atoms with Gasteiger partial charge in [0.15, 0.2) is 0 Å². The Balaban J connectivity index is 1.69. The number of rotatable bonds is 6. The lowest BCUT2D eigenvalue weighted by molar-refractivity contribution is -0.131. The summed E-state index contributed by atoms with van der Waals surface area (Å²) in [4.78, 5) is 26.3. The lowest BCUT2D eigenvalue weighted by Gasteiger charge is -2.27. The highest BCUT2D eigenvalue weighted by Crippen LogP contribution is 2.37. The molecule has 0 unspecified atom stereocenters. The predicted molar refractivity (Wildman–Crippen MR) is 122 cm³/mol. The van der Waals surface area contributed by atoms with Crippen LogP contribution in [0.2, 0.25) is 0 Å². The minimum absolute atomic E-state index is 0.0379. The number of carbonyl (C=O) groups is 1. The molecule has 0 spiro atoms. The third-order valence-corrected chi connectivity index (χ3v) is 5.72. The zero-order valence-corrected chi connectivity index (χ0v) is 18.6. The SMILES string of the molecule is COc1cccc(CC(=O)N2CCC[C@@H]2c2nc(N(C)C)ncc2-c2cccc(F)c2)c1. The number of anilines is 1. The van der Waals surface area contributed by atoms with Crippen LogP contribution >= 0.6 is 0 Å². The highest BCUT2D eigenvalue weighted by atomic mass is 19.1. The van der Waals surface area contributed by atoms with Gasteiger partial charge < -0.3 is 14.5 Å². The van der Waals surface area contributed by atoms with Crippen molar-refractivity contribution in [3.8, 4) is 16.9 Å². The van der Waals surface area contributed by atoms with Gasteiger partial charge in [-0.05, 0) is 48.2 Å². The first-order valence-electron chi connectivity index (χ1n) is 10.7. The standard InChI is InChI=1S/C25H27FN4O2/c1-29(2)25-27-16-21(18-8-5-9-19(26)15-18)24(28-25)22-11-6-12-30(22)23(31)14-17-7-4-10-20(13-17)32-3/h4-5,7-10,13,15-16,22H,6,11-12,14H2,1-3H3/t22-/m1/s1. The molecule has 0 aliphatic carbocycles. The molecule has 0 bridgehead atoms. The maximum atomic E-state index is 14.0. The van der Waals surface area contributed by atoms with E-state index in [1.54, 1.807) is 19.4 Å². The molecule has 2 aromatic carbocycles. The monoisotopic (exact) mass is 434 g/mol. The Bertz CT molecular complexity index is 1120. The normalized spacial score (nSPS) is 15.6. The summed E-state index contributed by atoms with van der Waals surface area (Å²) in [5, 5.41) is 0. The molecule has 166 valence electrons. The Hall–Kier alpha value is -3.48. The summed E-state index contributed by atoms with van der Waals surface area (Å²) in [6, 6.07) is 13.8. The number of hydrogen-bond donors (Lipinski definition) is 0. The Kier molecular flexibility index (Phi) is 6.35. The summed E-state index contributed by atoms with van der Waals surface area (Å²) in [5.41, 5.74) is 3.12. The minimum Gasteiger partial charge on any atom is -0.497 e. The van der Waals surface area contributed by atoms with Crippen LogP contribution in [0.25, 0.3) is 11.1 Å². The van der Waals surface area contributed by atoms with E-state index < -0.39 is 0 Å². The van der Waals surface area contributed by atoms with Gasteiger partial charge in [0.2, 0.25) is 11.9 Å². The van der Waals surface area contributed by atoms with Crippen LogP contribution in [-0.4, -0.2) is 48.5 Å². The summed E-state index contributed by atoms with van der Waals surface area (Å²) in [5.74, 6) is 1.01. The van der Waals surface area contributed by atoms with E-state index in [9.17, 15) is 9.18 Å². The predicted octanol–water partition coefficient (Wildman–Crippen LogP) is 4.26. The zero-order valence-electron chi connectivity index (χ0n) is 18.6. The van der Waals surface area contributed by atoms with Crippen LogP contribution in [-0.2, 0) is 11.2 Å². The molecule has 3 aromatic rings. The first-order valence-corrected chi connectivity index (χ1v) is 10.7.